The molecule has 4 nitrogen and oxygen atoms in total. The Morgan fingerprint density at radius 2 is 1.77 bits per heavy atom. The number of carbonyl (C=O) groups excluding carboxylic acids is 2. The topological polar surface area (TPSA) is 40.6 Å². The molecule has 1 aliphatic heterocycles. The van der Waals surface area contributed by atoms with E-state index < -0.39 is 6.04 Å². The normalized spacial score (nSPS) is 17.5. The van der Waals surface area contributed by atoms with Gasteiger partial charge in [-0.1, -0.05) is 42.5 Å². The number of hydrogen-bond donors (Lipinski definition) is 0. The van der Waals surface area contributed by atoms with Crippen LogP contribution in [-0.4, -0.2) is 35.8 Å². The van der Waals surface area contributed by atoms with Crippen molar-refractivity contribution in [2.75, 3.05) is 18.0 Å². The third-order valence-electron chi connectivity index (χ3n) is 5.31. The lowest BCUT2D eigenvalue weighted by Gasteiger charge is -2.39. The van der Waals surface area contributed by atoms with Crippen LogP contribution in [0.15, 0.2) is 48.5 Å². The lowest BCUT2D eigenvalue weighted by molar-refractivity contribution is -0.140. The van der Waals surface area contributed by atoms with E-state index in [0.29, 0.717) is 25.9 Å². The Bertz CT molecular complexity index is 801. The summed E-state index contributed by atoms with van der Waals surface area (Å²) in [7, 11) is 0. The van der Waals surface area contributed by atoms with Crippen molar-refractivity contribution in [2.24, 2.45) is 0 Å². The first-order valence-corrected chi connectivity index (χ1v) is 9.20. The SMILES string of the molecule is Cc1cccc(N2CCN(C(=O)CCc3ccccc3)[C@@H](C)C2=O)c1C. The van der Waals surface area contributed by atoms with Crippen LogP contribution in [0.3, 0.4) is 0 Å². The van der Waals surface area contributed by atoms with Gasteiger partial charge in [-0.05, 0) is 49.9 Å². The van der Waals surface area contributed by atoms with Crippen molar-refractivity contribution in [3.63, 3.8) is 0 Å². The van der Waals surface area contributed by atoms with Crippen LogP contribution in [0, 0.1) is 13.8 Å². The fourth-order valence-corrected chi connectivity index (χ4v) is 3.52. The van der Waals surface area contributed by atoms with Gasteiger partial charge in [0.25, 0.3) is 0 Å². The number of amides is 2. The highest BCUT2D eigenvalue weighted by Gasteiger charge is 2.35. The summed E-state index contributed by atoms with van der Waals surface area (Å²) in [4.78, 5) is 29.1. The second-order valence-corrected chi connectivity index (χ2v) is 6.96. The Morgan fingerprint density at radius 1 is 1.04 bits per heavy atom. The van der Waals surface area contributed by atoms with Crippen LogP contribution in [0.2, 0.25) is 0 Å². The van der Waals surface area contributed by atoms with E-state index in [1.807, 2.05) is 61.2 Å². The molecule has 26 heavy (non-hydrogen) atoms. The van der Waals surface area contributed by atoms with Gasteiger partial charge in [-0.15, -0.1) is 0 Å². The first-order valence-electron chi connectivity index (χ1n) is 9.20. The maximum absolute atomic E-state index is 12.9. The van der Waals surface area contributed by atoms with Crippen molar-refractivity contribution in [2.45, 2.75) is 39.7 Å². The van der Waals surface area contributed by atoms with Gasteiger partial charge in [-0.2, -0.15) is 0 Å². The van der Waals surface area contributed by atoms with Gasteiger partial charge in [0.1, 0.15) is 6.04 Å². The number of anilines is 1. The van der Waals surface area contributed by atoms with Crippen molar-refractivity contribution in [3.05, 3.63) is 65.2 Å². The molecule has 0 N–H and O–H groups in total. The third kappa shape index (κ3) is 3.64. The van der Waals surface area contributed by atoms with Gasteiger partial charge in [-0.3, -0.25) is 9.59 Å². The lowest BCUT2D eigenvalue weighted by atomic mass is 10.0. The van der Waals surface area contributed by atoms with Gasteiger partial charge in [-0.25, -0.2) is 0 Å². The molecule has 2 aromatic rings. The third-order valence-corrected chi connectivity index (χ3v) is 5.31. The van der Waals surface area contributed by atoms with Gasteiger partial charge < -0.3 is 9.80 Å². The minimum absolute atomic E-state index is 0.00184. The summed E-state index contributed by atoms with van der Waals surface area (Å²) in [6.07, 6.45) is 1.14. The number of carbonyl (C=O) groups is 2. The largest absolute Gasteiger partial charge is 0.329 e. The van der Waals surface area contributed by atoms with Crippen molar-refractivity contribution in [1.29, 1.82) is 0 Å². The molecule has 1 heterocycles. The van der Waals surface area contributed by atoms with Crippen LogP contribution in [-0.2, 0) is 16.0 Å². The summed E-state index contributed by atoms with van der Waals surface area (Å²) >= 11 is 0. The van der Waals surface area contributed by atoms with Crippen LogP contribution in [0.25, 0.3) is 0 Å². The molecule has 0 aromatic heterocycles. The Kier molecular flexibility index (Phi) is 5.40. The molecule has 0 bridgehead atoms. The molecule has 1 atom stereocenters. The second-order valence-electron chi connectivity index (χ2n) is 6.96. The zero-order valence-electron chi connectivity index (χ0n) is 15.7. The first-order chi connectivity index (χ1) is 12.5. The van der Waals surface area contributed by atoms with E-state index in [1.165, 1.54) is 5.56 Å². The molecular weight excluding hydrogens is 324 g/mol. The number of aryl methyl sites for hydroxylation is 2. The summed E-state index contributed by atoms with van der Waals surface area (Å²) in [5, 5.41) is 0. The summed E-state index contributed by atoms with van der Waals surface area (Å²) < 4.78 is 0. The molecule has 2 aromatic carbocycles. The Labute approximate surface area is 155 Å². The van der Waals surface area contributed by atoms with Crippen molar-refractivity contribution >= 4 is 17.5 Å². The zero-order chi connectivity index (χ0) is 18.7. The summed E-state index contributed by atoms with van der Waals surface area (Å²) in [5.41, 5.74) is 4.40. The minimum Gasteiger partial charge on any atom is -0.329 e. The van der Waals surface area contributed by atoms with Gasteiger partial charge in [0.2, 0.25) is 11.8 Å². The van der Waals surface area contributed by atoms with Crippen LogP contribution in [0.1, 0.15) is 30.0 Å². The number of hydrogen-bond acceptors (Lipinski definition) is 2. The highest BCUT2D eigenvalue weighted by atomic mass is 16.2. The standard InChI is InChI=1S/C22H26N2O2/c1-16-8-7-11-20(17(16)2)24-15-14-23(18(3)22(24)26)21(25)13-12-19-9-5-4-6-10-19/h4-11,18H,12-15H2,1-3H3/t18-/m0/s1. The van der Waals surface area contributed by atoms with E-state index in [0.717, 1.165) is 16.8 Å². The fraction of sp³-hybridized carbons (Fsp3) is 0.364. The maximum atomic E-state index is 12.9. The van der Waals surface area contributed by atoms with Crippen LogP contribution in [0.5, 0.6) is 0 Å². The van der Waals surface area contributed by atoms with E-state index in [4.69, 9.17) is 0 Å². The molecular formula is C22H26N2O2. The van der Waals surface area contributed by atoms with Gasteiger partial charge in [0.05, 0.1) is 0 Å². The van der Waals surface area contributed by atoms with E-state index in [2.05, 4.69) is 13.0 Å². The molecule has 0 spiro atoms. The lowest BCUT2D eigenvalue weighted by Crippen LogP contribution is -2.58. The van der Waals surface area contributed by atoms with Crippen LogP contribution in [0.4, 0.5) is 5.69 Å². The fourth-order valence-electron chi connectivity index (χ4n) is 3.52. The zero-order valence-corrected chi connectivity index (χ0v) is 15.7. The average molecular weight is 350 g/mol. The van der Waals surface area contributed by atoms with Crippen molar-refractivity contribution in [1.82, 2.24) is 4.90 Å². The second kappa shape index (κ2) is 7.73. The molecule has 1 aliphatic rings. The predicted molar refractivity (Wildman–Crippen MR) is 104 cm³/mol. The summed E-state index contributed by atoms with van der Waals surface area (Å²) in [5.74, 6) is 0.0494. The molecule has 0 aliphatic carbocycles. The number of rotatable bonds is 4. The molecule has 0 saturated carbocycles. The molecule has 0 radical (unpaired) electrons. The summed E-state index contributed by atoms with van der Waals surface area (Å²) in [6.45, 7) is 7.05. The number of nitrogens with zero attached hydrogens (tertiary/aromatic N) is 2. The van der Waals surface area contributed by atoms with Gasteiger partial charge >= 0.3 is 0 Å². The highest BCUT2D eigenvalue weighted by molar-refractivity contribution is 6.00. The molecule has 3 rings (SSSR count). The highest BCUT2D eigenvalue weighted by Crippen LogP contribution is 2.26. The first kappa shape index (κ1) is 18.2. The minimum atomic E-state index is -0.424. The quantitative estimate of drug-likeness (QED) is 0.847. The predicted octanol–water partition coefficient (Wildman–Crippen LogP) is 3.50. The van der Waals surface area contributed by atoms with Crippen LogP contribution < -0.4 is 4.90 Å². The monoisotopic (exact) mass is 350 g/mol. The molecule has 2 amide bonds. The van der Waals surface area contributed by atoms with E-state index in [-0.39, 0.29) is 11.8 Å². The Balaban J connectivity index is 1.67. The summed E-state index contributed by atoms with van der Waals surface area (Å²) in [6, 6.07) is 15.6. The van der Waals surface area contributed by atoms with E-state index >= 15 is 0 Å². The molecule has 4 heteroatoms. The smallest absolute Gasteiger partial charge is 0.249 e. The maximum Gasteiger partial charge on any atom is 0.249 e. The Morgan fingerprint density at radius 3 is 2.50 bits per heavy atom. The van der Waals surface area contributed by atoms with E-state index in [9.17, 15) is 9.59 Å². The van der Waals surface area contributed by atoms with Gasteiger partial charge in [0.15, 0.2) is 0 Å². The molecule has 0 unspecified atom stereocenters. The average Bonchev–Trinajstić information content (AvgIpc) is 2.65. The molecule has 136 valence electrons. The van der Waals surface area contributed by atoms with Gasteiger partial charge in [0, 0.05) is 25.2 Å². The molecule has 1 fully saturated rings. The van der Waals surface area contributed by atoms with Crippen molar-refractivity contribution < 1.29 is 9.59 Å². The molecule has 1 saturated heterocycles. The number of piperazine rings is 1. The Hall–Kier alpha value is -2.62. The van der Waals surface area contributed by atoms with Crippen LogP contribution >= 0.6 is 0 Å². The van der Waals surface area contributed by atoms with E-state index in [1.54, 1.807) is 4.90 Å². The van der Waals surface area contributed by atoms with Crippen molar-refractivity contribution in [3.8, 4) is 0 Å². The number of benzene rings is 2.